The Bertz CT molecular complexity index is 1080. The Labute approximate surface area is 167 Å². The van der Waals surface area contributed by atoms with Crippen molar-refractivity contribution >= 4 is 15.9 Å². The highest BCUT2D eigenvalue weighted by Crippen LogP contribution is 2.24. The van der Waals surface area contributed by atoms with Gasteiger partial charge in [0.1, 0.15) is 6.04 Å². The first-order valence-corrected chi connectivity index (χ1v) is 10.7. The molecule has 1 aliphatic heterocycles. The van der Waals surface area contributed by atoms with Crippen LogP contribution in [0.3, 0.4) is 0 Å². The molecule has 1 saturated heterocycles. The predicted octanol–water partition coefficient (Wildman–Crippen LogP) is 2.61. The van der Waals surface area contributed by atoms with E-state index in [0.717, 1.165) is 12.8 Å². The number of carbonyl (C=O) groups is 1. The van der Waals surface area contributed by atoms with Crippen LogP contribution in [-0.4, -0.2) is 41.9 Å². The zero-order valence-electron chi connectivity index (χ0n) is 15.7. The van der Waals surface area contributed by atoms with Crippen LogP contribution in [0.4, 0.5) is 0 Å². The molecule has 0 spiro atoms. The van der Waals surface area contributed by atoms with Gasteiger partial charge < -0.3 is 14.3 Å². The van der Waals surface area contributed by atoms with Gasteiger partial charge in [0.05, 0.1) is 11.2 Å². The molecule has 1 atom stereocenters. The van der Waals surface area contributed by atoms with Crippen LogP contribution in [0, 0.1) is 0 Å². The van der Waals surface area contributed by atoms with Crippen molar-refractivity contribution < 1.29 is 22.2 Å². The summed E-state index contributed by atoms with van der Waals surface area (Å²) in [5, 5.41) is 6.64. The molecule has 4 rings (SSSR count). The van der Waals surface area contributed by atoms with Crippen LogP contribution < -0.4 is 5.32 Å². The number of carbonyl (C=O) groups excluding carboxylic acids is 1. The Morgan fingerprint density at radius 1 is 1.17 bits per heavy atom. The maximum atomic E-state index is 12.6. The van der Waals surface area contributed by atoms with Crippen molar-refractivity contribution in [1.29, 1.82) is 0 Å². The minimum Gasteiger partial charge on any atom is -0.459 e. The summed E-state index contributed by atoms with van der Waals surface area (Å²) < 4.78 is 37.0. The van der Waals surface area contributed by atoms with Crippen molar-refractivity contribution in [3.63, 3.8) is 0 Å². The Kier molecular flexibility index (Phi) is 5.20. The van der Waals surface area contributed by atoms with Gasteiger partial charge in [-0.3, -0.25) is 4.79 Å². The van der Waals surface area contributed by atoms with Crippen LogP contribution >= 0.6 is 0 Å². The van der Waals surface area contributed by atoms with E-state index in [2.05, 4.69) is 15.5 Å². The summed E-state index contributed by atoms with van der Waals surface area (Å²) in [5.41, 5.74) is 0.616. The molecule has 1 aromatic carbocycles. The molecule has 2 aromatic heterocycles. The zero-order valence-corrected chi connectivity index (χ0v) is 16.6. The number of benzene rings is 1. The lowest BCUT2D eigenvalue weighted by Gasteiger charge is -2.15. The van der Waals surface area contributed by atoms with Crippen LogP contribution in [0.25, 0.3) is 11.4 Å². The van der Waals surface area contributed by atoms with Crippen LogP contribution in [0.2, 0.25) is 0 Å². The molecule has 0 aliphatic carbocycles. The number of rotatable bonds is 6. The first-order chi connectivity index (χ1) is 13.9. The minimum atomic E-state index is -3.47. The molecule has 3 heterocycles. The van der Waals surface area contributed by atoms with Crippen molar-refractivity contribution in [2.45, 2.75) is 30.7 Å². The number of nitrogens with zero attached hydrogens (tertiary/aromatic N) is 3. The Hall–Kier alpha value is -2.98. The number of sulfonamides is 1. The van der Waals surface area contributed by atoms with Crippen molar-refractivity contribution in [1.82, 2.24) is 19.8 Å². The average Bonchev–Trinajstić information content (AvgIpc) is 3.50. The van der Waals surface area contributed by atoms with E-state index in [4.69, 9.17) is 8.94 Å². The normalized spacial score (nSPS) is 16.0. The molecule has 1 fully saturated rings. The Morgan fingerprint density at radius 2 is 1.90 bits per heavy atom. The summed E-state index contributed by atoms with van der Waals surface area (Å²) in [6.45, 7) is 2.82. The van der Waals surface area contributed by atoms with Gasteiger partial charge in [-0.25, -0.2) is 8.42 Å². The zero-order chi connectivity index (χ0) is 20.4. The number of hydrogen-bond donors (Lipinski definition) is 1. The molecule has 1 N–H and O–H groups in total. The van der Waals surface area contributed by atoms with Gasteiger partial charge in [-0.2, -0.15) is 9.29 Å². The van der Waals surface area contributed by atoms with Crippen molar-refractivity contribution in [2.75, 3.05) is 13.1 Å². The highest BCUT2D eigenvalue weighted by atomic mass is 32.2. The highest BCUT2D eigenvalue weighted by molar-refractivity contribution is 7.89. The first-order valence-electron chi connectivity index (χ1n) is 9.24. The lowest BCUT2D eigenvalue weighted by molar-refractivity contribution is 0.0904. The second-order valence-electron chi connectivity index (χ2n) is 6.76. The minimum absolute atomic E-state index is 0.186. The topological polar surface area (TPSA) is 119 Å². The van der Waals surface area contributed by atoms with Crippen LogP contribution in [-0.2, 0) is 10.0 Å². The van der Waals surface area contributed by atoms with E-state index < -0.39 is 22.0 Å². The molecule has 3 aromatic rings. The lowest BCUT2D eigenvalue weighted by Crippen LogP contribution is -2.27. The van der Waals surface area contributed by atoms with E-state index in [1.807, 2.05) is 0 Å². The van der Waals surface area contributed by atoms with Crippen molar-refractivity contribution in [3.05, 3.63) is 54.3 Å². The Morgan fingerprint density at radius 3 is 2.55 bits per heavy atom. The summed E-state index contributed by atoms with van der Waals surface area (Å²) in [6, 6.07) is 9.02. The number of hydrogen-bond acceptors (Lipinski definition) is 7. The SMILES string of the molecule is C[C@@H](NC(=O)c1ccco1)c1nc(-c2ccc(S(=O)(=O)N3CCCC3)cc2)no1. The van der Waals surface area contributed by atoms with Gasteiger partial charge in [-0.05, 0) is 56.2 Å². The maximum absolute atomic E-state index is 12.6. The lowest BCUT2D eigenvalue weighted by atomic mass is 10.2. The molecule has 1 amide bonds. The fourth-order valence-electron chi connectivity index (χ4n) is 3.12. The number of furan rings is 1. The molecule has 1 aliphatic rings. The second-order valence-corrected chi connectivity index (χ2v) is 8.70. The standard InChI is InChI=1S/C19H20N4O5S/c1-13(20-18(24)16-5-4-12-27-16)19-21-17(22-28-19)14-6-8-15(9-7-14)29(25,26)23-10-2-3-11-23/h4-9,12-13H,2-3,10-11H2,1H3,(H,20,24)/t13-/m1/s1. The quantitative estimate of drug-likeness (QED) is 0.656. The van der Waals surface area contributed by atoms with Crippen LogP contribution in [0.1, 0.15) is 42.3 Å². The third-order valence-corrected chi connectivity index (χ3v) is 6.63. The average molecular weight is 416 g/mol. The second kappa shape index (κ2) is 7.80. The summed E-state index contributed by atoms with van der Waals surface area (Å²) >= 11 is 0. The van der Waals surface area contributed by atoms with Gasteiger partial charge in [-0.1, -0.05) is 5.16 Å². The van der Waals surface area contributed by atoms with Gasteiger partial charge in [0.25, 0.3) is 5.91 Å². The molecule has 0 unspecified atom stereocenters. The van der Waals surface area contributed by atoms with E-state index in [0.29, 0.717) is 24.5 Å². The van der Waals surface area contributed by atoms with E-state index >= 15 is 0 Å². The van der Waals surface area contributed by atoms with E-state index in [1.54, 1.807) is 43.3 Å². The molecular weight excluding hydrogens is 396 g/mol. The molecule has 0 bridgehead atoms. The largest absolute Gasteiger partial charge is 0.459 e. The van der Waals surface area contributed by atoms with Crippen molar-refractivity contribution in [2.24, 2.45) is 0 Å². The van der Waals surface area contributed by atoms with Gasteiger partial charge in [0, 0.05) is 18.7 Å². The summed E-state index contributed by atoms with van der Waals surface area (Å²) in [5.74, 6) is 0.336. The Balaban J connectivity index is 1.47. The highest BCUT2D eigenvalue weighted by Gasteiger charge is 2.27. The molecular formula is C19H20N4O5S. The van der Waals surface area contributed by atoms with E-state index in [9.17, 15) is 13.2 Å². The summed E-state index contributed by atoms with van der Waals surface area (Å²) in [6.07, 6.45) is 3.19. The third-order valence-electron chi connectivity index (χ3n) is 4.72. The number of aromatic nitrogens is 2. The number of nitrogens with one attached hydrogen (secondary N) is 1. The molecule has 9 nitrogen and oxygen atoms in total. The molecule has 0 radical (unpaired) electrons. The monoisotopic (exact) mass is 416 g/mol. The fourth-order valence-corrected chi connectivity index (χ4v) is 4.64. The summed E-state index contributed by atoms with van der Waals surface area (Å²) in [7, 11) is -3.47. The van der Waals surface area contributed by atoms with Gasteiger partial charge in [0.15, 0.2) is 5.76 Å². The molecule has 29 heavy (non-hydrogen) atoms. The third kappa shape index (κ3) is 3.94. The molecule has 152 valence electrons. The van der Waals surface area contributed by atoms with E-state index in [-0.39, 0.29) is 16.5 Å². The summed E-state index contributed by atoms with van der Waals surface area (Å²) in [4.78, 5) is 16.6. The fraction of sp³-hybridized carbons (Fsp3) is 0.316. The van der Waals surface area contributed by atoms with Gasteiger partial charge >= 0.3 is 0 Å². The van der Waals surface area contributed by atoms with Crippen LogP contribution in [0.15, 0.2) is 56.5 Å². The molecule has 10 heteroatoms. The smallest absolute Gasteiger partial charge is 0.287 e. The van der Waals surface area contributed by atoms with Gasteiger partial charge in [-0.15, -0.1) is 0 Å². The maximum Gasteiger partial charge on any atom is 0.287 e. The van der Waals surface area contributed by atoms with Crippen LogP contribution in [0.5, 0.6) is 0 Å². The van der Waals surface area contributed by atoms with Gasteiger partial charge in [0.2, 0.25) is 21.7 Å². The molecule has 0 saturated carbocycles. The first kappa shape index (κ1) is 19.3. The van der Waals surface area contributed by atoms with Crippen molar-refractivity contribution in [3.8, 4) is 11.4 Å². The van der Waals surface area contributed by atoms with E-state index in [1.165, 1.54) is 10.6 Å². The number of amides is 1. The predicted molar refractivity (Wildman–Crippen MR) is 102 cm³/mol.